The maximum absolute atomic E-state index is 12.3. The molecule has 2 amide bonds. The van der Waals surface area contributed by atoms with Gasteiger partial charge in [-0.1, -0.05) is 0 Å². The van der Waals surface area contributed by atoms with Crippen molar-refractivity contribution in [3.05, 3.63) is 52.6 Å². The van der Waals surface area contributed by atoms with Crippen molar-refractivity contribution >= 4 is 29.1 Å². The Kier molecular flexibility index (Phi) is 7.18. The highest BCUT2D eigenvalue weighted by Gasteiger charge is 2.19. The predicted octanol–water partition coefficient (Wildman–Crippen LogP) is 3.97. The summed E-state index contributed by atoms with van der Waals surface area (Å²) in [4.78, 5) is 34.6. The van der Waals surface area contributed by atoms with Gasteiger partial charge in [-0.15, -0.1) is 0 Å². The van der Waals surface area contributed by atoms with Gasteiger partial charge in [-0.05, 0) is 51.1 Å². The number of non-ortho nitro benzene ring substituents is 1. The molecule has 30 heavy (non-hydrogen) atoms. The first-order chi connectivity index (χ1) is 14.1. The van der Waals surface area contributed by atoms with Gasteiger partial charge >= 0.3 is 12.0 Å². The number of hydrogen-bond acceptors (Lipinski definition) is 7. The Morgan fingerprint density at radius 2 is 1.73 bits per heavy atom. The molecule has 2 rings (SSSR count). The van der Waals surface area contributed by atoms with E-state index in [0.717, 1.165) is 6.07 Å². The monoisotopic (exact) mass is 417 g/mol. The number of methoxy groups -OCH3 is 1. The van der Waals surface area contributed by atoms with E-state index in [-0.39, 0.29) is 17.1 Å². The van der Waals surface area contributed by atoms with Gasteiger partial charge in [0.2, 0.25) is 0 Å². The van der Waals surface area contributed by atoms with Crippen molar-refractivity contribution < 1.29 is 28.7 Å². The molecule has 0 aliphatic rings. The van der Waals surface area contributed by atoms with Crippen molar-refractivity contribution in [3.63, 3.8) is 0 Å². The summed E-state index contributed by atoms with van der Waals surface area (Å²) in [5, 5.41) is 16.2. The number of nitrogens with one attached hydrogen (secondary N) is 2. The van der Waals surface area contributed by atoms with Gasteiger partial charge in [-0.25, -0.2) is 9.59 Å². The molecule has 0 aromatic heterocycles. The van der Waals surface area contributed by atoms with E-state index in [9.17, 15) is 19.7 Å². The van der Waals surface area contributed by atoms with E-state index in [0.29, 0.717) is 11.4 Å². The van der Waals surface area contributed by atoms with Gasteiger partial charge in [-0.3, -0.25) is 10.1 Å². The fourth-order valence-corrected chi connectivity index (χ4v) is 2.31. The van der Waals surface area contributed by atoms with E-state index in [4.69, 9.17) is 14.2 Å². The lowest BCUT2D eigenvalue weighted by atomic mass is 10.2. The molecule has 0 saturated carbocycles. The normalized spacial score (nSPS) is 10.7. The highest BCUT2D eigenvalue weighted by atomic mass is 16.6. The summed E-state index contributed by atoms with van der Waals surface area (Å²) < 4.78 is 15.6. The number of nitro groups is 1. The zero-order valence-corrected chi connectivity index (χ0v) is 17.1. The summed E-state index contributed by atoms with van der Waals surface area (Å²) in [6, 6.07) is 9.69. The molecular formula is C20H23N3O7. The number of carbonyl (C=O) groups excluding carboxylic acids is 2. The molecule has 0 fully saturated rings. The highest BCUT2D eigenvalue weighted by Crippen LogP contribution is 2.30. The first kappa shape index (κ1) is 22.5. The Hall–Kier alpha value is -3.82. The number of nitro benzene ring substituents is 1. The lowest BCUT2D eigenvalue weighted by molar-refractivity contribution is -0.384. The third-order valence-electron chi connectivity index (χ3n) is 3.54. The fourth-order valence-electron chi connectivity index (χ4n) is 2.31. The number of anilines is 2. The van der Waals surface area contributed by atoms with Gasteiger partial charge in [0, 0.05) is 11.8 Å². The quantitative estimate of drug-likeness (QED) is 0.396. The number of nitrogens with zero attached hydrogens (tertiary/aromatic N) is 1. The van der Waals surface area contributed by atoms with Crippen molar-refractivity contribution in [1.82, 2.24) is 0 Å². The topological polar surface area (TPSA) is 129 Å². The number of esters is 1. The zero-order chi connectivity index (χ0) is 22.3. The lowest BCUT2D eigenvalue weighted by Gasteiger charge is -2.20. The van der Waals surface area contributed by atoms with Gasteiger partial charge in [0.15, 0.2) is 12.4 Å². The largest absolute Gasteiger partial charge is 0.497 e. The van der Waals surface area contributed by atoms with Gasteiger partial charge in [0.1, 0.15) is 11.4 Å². The molecule has 0 saturated heterocycles. The van der Waals surface area contributed by atoms with Gasteiger partial charge in [0.25, 0.3) is 5.69 Å². The number of urea groups is 1. The number of benzene rings is 2. The molecule has 0 aliphatic carbocycles. The molecule has 10 nitrogen and oxygen atoms in total. The van der Waals surface area contributed by atoms with Gasteiger partial charge in [0.05, 0.1) is 23.8 Å². The molecule has 10 heteroatoms. The predicted molar refractivity (Wildman–Crippen MR) is 110 cm³/mol. The van der Waals surface area contributed by atoms with Crippen LogP contribution in [-0.4, -0.2) is 36.2 Å². The molecule has 0 bridgehead atoms. The minimum absolute atomic E-state index is 0.0417. The molecule has 2 aromatic rings. The molecule has 0 spiro atoms. The molecule has 160 valence electrons. The minimum atomic E-state index is -0.706. The molecule has 0 heterocycles. The Labute approximate surface area is 173 Å². The molecule has 0 radical (unpaired) electrons. The van der Waals surface area contributed by atoms with Crippen LogP contribution >= 0.6 is 0 Å². The Balaban J connectivity index is 2.12. The van der Waals surface area contributed by atoms with Crippen LogP contribution in [0, 0.1) is 10.1 Å². The maximum Gasteiger partial charge on any atom is 0.344 e. The molecular weight excluding hydrogens is 394 g/mol. The van der Waals surface area contributed by atoms with Crippen LogP contribution in [0.15, 0.2) is 42.5 Å². The fraction of sp³-hybridized carbons (Fsp3) is 0.300. The van der Waals surface area contributed by atoms with Gasteiger partial charge in [-0.2, -0.15) is 0 Å². The van der Waals surface area contributed by atoms with Crippen molar-refractivity contribution in [2.75, 3.05) is 24.4 Å². The number of rotatable bonds is 7. The van der Waals surface area contributed by atoms with Crippen molar-refractivity contribution in [2.45, 2.75) is 26.4 Å². The average molecular weight is 417 g/mol. The molecule has 0 aliphatic heterocycles. The van der Waals surface area contributed by atoms with E-state index in [1.165, 1.54) is 19.2 Å². The SMILES string of the molecule is COc1ccc(NC(=O)Nc2ccc([N+](=O)[O-])cc2OCC(=O)OC(C)(C)C)cc1. The van der Waals surface area contributed by atoms with Crippen LogP contribution in [0.3, 0.4) is 0 Å². The summed E-state index contributed by atoms with van der Waals surface area (Å²) in [6.45, 7) is 4.63. The maximum atomic E-state index is 12.3. The van der Waals surface area contributed by atoms with E-state index in [1.807, 2.05) is 0 Å². The van der Waals surface area contributed by atoms with Crippen molar-refractivity contribution in [2.24, 2.45) is 0 Å². The summed E-state index contributed by atoms with van der Waals surface area (Å²) in [6.07, 6.45) is 0. The third kappa shape index (κ3) is 6.97. The first-order valence-electron chi connectivity index (χ1n) is 8.92. The number of amides is 2. The Bertz CT molecular complexity index is 921. The molecule has 0 unspecified atom stereocenters. The summed E-state index contributed by atoms with van der Waals surface area (Å²) >= 11 is 0. The Morgan fingerprint density at radius 3 is 2.30 bits per heavy atom. The van der Waals surface area contributed by atoms with Crippen LogP contribution in [-0.2, 0) is 9.53 Å². The van der Waals surface area contributed by atoms with E-state index >= 15 is 0 Å². The first-order valence-corrected chi connectivity index (χ1v) is 8.92. The van der Waals surface area contributed by atoms with E-state index in [1.54, 1.807) is 45.0 Å². The second-order valence-electron chi connectivity index (χ2n) is 7.12. The number of hydrogen-bond donors (Lipinski definition) is 2. The van der Waals surface area contributed by atoms with E-state index < -0.39 is 29.1 Å². The van der Waals surface area contributed by atoms with Crippen LogP contribution in [0.4, 0.5) is 21.9 Å². The third-order valence-corrected chi connectivity index (χ3v) is 3.54. The zero-order valence-electron chi connectivity index (χ0n) is 17.1. The highest BCUT2D eigenvalue weighted by molar-refractivity contribution is 6.00. The van der Waals surface area contributed by atoms with Crippen LogP contribution < -0.4 is 20.1 Å². The lowest BCUT2D eigenvalue weighted by Crippen LogP contribution is -2.27. The van der Waals surface area contributed by atoms with Crippen LogP contribution in [0.25, 0.3) is 0 Å². The van der Waals surface area contributed by atoms with Crippen LogP contribution in [0.1, 0.15) is 20.8 Å². The standard InChI is InChI=1S/C20H23N3O7/c1-20(2,3)30-18(24)12-29-17-11-14(23(26)27)7-10-16(17)22-19(25)21-13-5-8-15(28-4)9-6-13/h5-11H,12H2,1-4H3,(H2,21,22,25). The van der Waals surface area contributed by atoms with Crippen molar-refractivity contribution in [3.8, 4) is 11.5 Å². The number of carbonyl (C=O) groups is 2. The van der Waals surface area contributed by atoms with E-state index in [2.05, 4.69) is 10.6 Å². The summed E-state index contributed by atoms with van der Waals surface area (Å²) in [7, 11) is 1.53. The number of ether oxygens (including phenoxy) is 3. The second kappa shape index (κ2) is 9.59. The van der Waals surface area contributed by atoms with Gasteiger partial charge < -0.3 is 24.8 Å². The molecule has 2 N–H and O–H groups in total. The average Bonchev–Trinajstić information content (AvgIpc) is 2.66. The van der Waals surface area contributed by atoms with Crippen LogP contribution in [0.5, 0.6) is 11.5 Å². The summed E-state index contributed by atoms with van der Waals surface area (Å²) in [5.74, 6) is -0.0586. The molecule has 0 atom stereocenters. The Morgan fingerprint density at radius 1 is 1.07 bits per heavy atom. The second-order valence-corrected chi connectivity index (χ2v) is 7.12. The minimum Gasteiger partial charge on any atom is -0.497 e. The molecule has 2 aromatic carbocycles. The smallest absolute Gasteiger partial charge is 0.344 e. The summed E-state index contributed by atoms with van der Waals surface area (Å²) in [5.41, 5.74) is -0.306. The van der Waals surface area contributed by atoms with Crippen molar-refractivity contribution in [1.29, 1.82) is 0 Å². The van der Waals surface area contributed by atoms with Crippen LogP contribution in [0.2, 0.25) is 0 Å².